The van der Waals surface area contributed by atoms with Gasteiger partial charge in [-0.25, -0.2) is 4.79 Å². The van der Waals surface area contributed by atoms with Gasteiger partial charge in [0.15, 0.2) is 5.78 Å². The highest BCUT2D eigenvalue weighted by atomic mass is 32.1. The zero-order valence-corrected chi connectivity index (χ0v) is 19.4. The van der Waals surface area contributed by atoms with Crippen LogP contribution in [0.4, 0.5) is 16.2 Å². The van der Waals surface area contributed by atoms with Crippen molar-refractivity contribution in [3.8, 4) is 0 Å². The normalized spacial score (nSPS) is 18.7. The number of piperidine rings is 1. The standard InChI is InChI=1S/C25H24N4O4S/c1-15(30)17-4-6-19(7-5-17)26-25(33)28-12-16-11-18(14-28)21-9-8-20(24(32)29(21)13-16)27-23(31)22-3-2-10-34-22/h2-10,16,18H,11-14H2,1H3,(H,26,33)(H,27,31)/t16-,18-/m1/s1. The summed E-state index contributed by atoms with van der Waals surface area (Å²) in [4.78, 5) is 52.2. The highest BCUT2D eigenvalue weighted by Gasteiger charge is 2.36. The number of likely N-dealkylation sites (tertiary alicyclic amines) is 1. The number of nitrogens with one attached hydrogen (secondary N) is 2. The van der Waals surface area contributed by atoms with Crippen molar-refractivity contribution in [2.75, 3.05) is 23.7 Å². The van der Waals surface area contributed by atoms with Gasteiger partial charge < -0.3 is 20.1 Å². The Bertz CT molecular complexity index is 1310. The van der Waals surface area contributed by atoms with Crippen LogP contribution in [-0.2, 0) is 6.54 Å². The van der Waals surface area contributed by atoms with Gasteiger partial charge in [0, 0.05) is 42.5 Å². The van der Waals surface area contributed by atoms with Crippen LogP contribution in [0, 0.1) is 5.92 Å². The zero-order chi connectivity index (χ0) is 23.8. The summed E-state index contributed by atoms with van der Waals surface area (Å²) in [6, 6.07) is 13.7. The number of hydrogen-bond donors (Lipinski definition) is 2. The Morgan fingerprint density at radius 1 is 0.971 bits per heavy atom. The van der Waals surface area contributed by atoms with Gasteiger partial charge in [-0.2, -0.15) is 0 Å². The Labute approximate surface area is 200 Å². The summed E-state index contributed by atoms with van der Waals surface area (Å²) in [6.45, 7) is 3.06. The van der Waals surface area contributed by atoms with Gasteiger partial charge in [0.1, 0.15) is 5.69 Å². The third kappa shape index (κ3) is 4.26. The predicted octanol–water partition coefficient (Wildman–Crippen LogP) is 4.02. The second-order valence-corrected chi connectivity index (χ2v) is 9.73. The van der Waals surface area contributed by atoms with E-state index in [2.05, 4.69) is 10.6 Å². The molecule has 0 unspecified atom stereocenters. The maximum atomic E-state index is 13.1. The van der Waals surface area contributed by atoms with Gasteiger partial charge in [-0.15, -0.1) is 11.3 Å². The number of benzene rings is 1. The minimum absolute atomic E-state index is 0.0233. The van der Waals surface area contributed by atoms with E-state index in [1.54, 1.807) is 51.9 Å². The second-order valence-electron chi connectivity index (χ2n) is 8.79. The fraction of sp³-hybridized carbons (Fsp3) is 0.280. The molecule has 34 heavy (non-hydrogen) atoms. The van der Waals surface area contributed by atoms with E-state index in [4.69, 9.17) is 0 Å². The maximum Gasteiger partial charge on any atom is 0.321 e. The number of aromatic nitrogens is 1. The van der Waals surface area contributed by atoms with E-state index in [0.717, 1.165) is 12.1 Å². The molecule has 0 aliphatic carbocycles. The van der Waals surface area contributed by atoms with Crippen LogP contribution in [0.3, 0.4) is 0 Å². The van der Waals surface area contributed by atoms with Gasteiger partial charge in [-0.3, -0.25) is 14.4 Å². The Morgan fingerprint density at radius 3 is 2.47 bits per heavy atom. The molecule has 0 saturated carbocycles. The number of amides is 3. The Hall–Kier alpha value is -3.72. The first-order valence-corrected chi connectivity index (χ1v) is 12.0. The first-order chi connectivity index (χ1) is 16.4. The van der Waals surface area contributed by atoms with Gasteiger partial charge in [0.05, 0.1) is 4.88 Å². The van der Waals surface area contributed by atoms with Crippen LogP contribution in [0.15, 0.2) is 58.7 Å². The number of pyridine rings is 1. The van der Waals surface area contributed by atoms with E-state index in [1.807, 2.05) is 11.4 Å². The third-order valence-corrected chi connectivity index (χ3v) is 7.30. The van der Waals surface area contributed by atoms with Crippen molar-refractivity contribution >= 4 is 40.4 Å². The summed E-state index contributed by atoms with van der Waals surface area (Å²) in [5.74, 6) is -0.112. The molecule has 3 amide bonds. The highest BCUT2D eigenvalue weighted by molar-refractivity contribution is 7.12. The minimum atomic E-state index is -0.289. The number of carbonyl (C=O) groups excluding carboxylic acids is 3. The molecule has 2 aliphatic heterocycles. The molecule has 1 fully saturated rings. The van der Waals surface area contributed by atoms with E-state index in [0.29, 0.717) is 35.8 Å². The molecular formula is C25H24N4O4S. The molecule has 8 nitrogen and oxygen atoms in total. The van der Waals surface area contributed by atoms with Gasteiger partial charge >= 0.3 is 6.03 Å². The summed E-state index contributed by atoms with van der Waals surface area (Å²) in [5.41, 5.74) is 2.18. The van der Waals surface area contributed by atoms with Crippen LogP contribution in [0.25, 0.3) is 0 Å². The van der Waals surface area contributed by atoms with Gasteiger partial charge in [0.2, 0.25) is 0 Å². The lowest BCUT2D eigenvalue weighted by atomic mass is 9.83. The van der Waals surface area contributed by atoms with Gasteiger partial charge in [-0.05, 0) is 67.1 Å². The van der Waals surface area contributed by atoms with Crippen LogP contribution in [0.2, 0.25) is 0 Å². The molecule has 174 valence electrons. The number of carbonyl (C=O) groups is 3. The monoisotopic (exact) mass is 476 g/mol. The molecular weight excluding hydrogens is 452 g/mol. The molecule has 1 aromatic carbocycles. The Kier molecular flexibility index (Phi) is 5.79. The number of anilines is 2. The van der Waals surface area contributed by atoms with Crippen molar-refractivity contribution < 1.29 is 14.4 Å². The van der Waals surface area contributed by atoms with Crippen molar-refractivity contribution in [1.82, 2.24) is 9.47 Å². The topological polar surface area (TPSA) is 101 Å². The van der Waals surface area contributed by atoms with Crippen molar-refractivity contribution in [2.45, 2.75) is 25.8 Å². The largest absolute Gasteiger partial charge is 0.324 e. The maximum absolute atomic E-state index is 13.1. The molecule has 0 spiro atoms. The average molecular weight is 477 g/mol. The molecule has 2 aromatic heterocycles. The Balaban J connectivity index is 1.30. The van der Waals surface area contributed by atoms with Crippen LogP contribution >= 0.6 is 11.3 Å². The van der Waals surface area contributed by atoms with Crippen LogP contribution < -0.4 is 16.2 Å². The molecule has 3 aromatic rings. The molecule has 9 heteroatoms. The van der Waals surface area contributed by atoms with Crippen LogP contribution in [0.5, 0.6) is 0 Å². The molecule has 2 bridgehead atoms. The summed E-state index contributed by atoms with van der Waals surface area (Å²) in [7, 11) is 0. The highest BCUT2D eigenvalue weighted by Crippen LogP contribution is 2.35. The number of urea groups is 1. The molecule has 0 radical (unpaired) electrons. The molecule has 2 atom stereocenters. The lowest BCUT2D eigenvalue weighted by Crippen LogP contribution is -2.50. The van der Waals surface area contributed by atoms with Gasteiger partial charge in [0.25, 0.3) is 11.5 Å². The van der Waals surface area contributed by atoms with Crippen LogP contribution in [-0.4, -0.2) is 40.3 Å². The molecule has 2 aliphatic rings. The van der Waals surface area contributed by atoms with E-state index >= 15 is 0 Å². The number of Topliss-reactive ketones (excluding diaryl/α,β-unsaturated/α-hetero) is 1. The third-order valence-electron chi connectivity index (χ3n) is 6.43. The predicted molar refractivity (Wildman–Crippen MR) is 131 cm³/mol. The van der Waals surface area contributed by atoms with Crippen molar-refractivity contribution in [2.24, 2.45) is 5.92 Å². The van der Waals surface area contributed by atoms with E-state index in [-0.39, 0.29) is 40.8 Å². The fourth-order valence-corrected chi connectivity index (χ4v) is 5.41. The van der Waals surface area contributed by atoms with Gasteiger partial charge in [-0.1, -0.05) is 6.07 Å². The SMILES string of the molecule is CC(=O)c1ccc(NC(=O)N2C[C@H]3C[C@H](C2)c2ccc(NC(=O)c4cccs4)c(=O)n2C3)cc1. The lowest BCUT2D eigenvalue weighted by Gasteiger charge is -2.42. The van der Waals surface area contributed by atoms with Crippen LogP contribution in [0.1, 0.15) is 45.0 Å². The number of hydrogen-bond acceptors (Lipinski definition) is 5. The zero-order valence-electron chi connectivity index (χ0n) is 18.6. The van der Waals surface area contributed by atoms with E-state index in [1.165, 1.54) is 18.3 Å². The number of thiophene rings is 1. The average Bonchev–Trinajstić information content (AvgIpc) is 3.37. The summed E-state index contributed by atoms with van der Waals surface area (Å²) in [6.07, 6.45) is 0.914. The fourth-order valence-electron chi connectivity index (χ4n) is 4.79. The molecule has 4 heterocycles. The molecule has 1 saturated heterocycles. The summed E-state index contributed by atoms with van der Waals surface area (Å²) >= 11 is 1.32. The lowest BCUT2D eigenvalue weighted by molar-refractivity contribution is 0.101. The van der Waals surface area contributed by atoms with Crippen molar-refractivity contribution in [1.29, 1.82) is 0 Å². The summed E-state index contributed by atoms with van der Waals surface area (Å²) in [5, 5.41) is 7.46. The number of fused-ring (bicyclic) bond motifs is 4. The summed E-state index contributed by atoms with van der Waals surface area (Å²) < 4.78 is 1.75. The second kappa shape index (κ2) is 8.90. The molecule has 2 N–H and O–H groups in total. The first-order valence-electron chi connectivity index (χ1n) is 11.1. The smallest absolute Gasteiger partial charge is 0.321 e. The van der Waals surface area contributed by atoms with E-state index in [9.17, 15) is 19.2 Å². The number of ketones is 1. The number of rotatable bonds is 4. The van der Waals surface area contributed by atoms with Crippen molar-refractivity contribution in [3.05, 3.63) is 80.4 Å². The Morgan fingerprint density at radius 2 is 1.76 bits per heavy atom. The van der Waals surface area contributed by atoms with E-state index < -0.39 is 0 Å². The minimum Gasteiger partial charge on any atom is -0.324 e. The molecule has 5 rings (SSSR count). The first kappa shape index (κ1) is 22.1. The van der Waals surface area contributed by atoms with Crippen molar-refractivity contribution in [3.63, 3.8) is 0 Å². The quantitative estimate of drug-likeness (QED) is 0.556. The number of nitrogens with zero attached hydrogens (tertiary/aromatic N) is 2.